The van der Waals surface area contributed by atoms with Crippen LogP contribution in [0.1, 0.15) is 13.3 Å². The van der Waals surface area contributed by atoms with E-state index in [9.17, 15) is 0 Å². The van der Waals surface area contributed by atoms with Gasteiger partial charge in [0, 0.05) is 30.3 Å². The third kappa shape index (κ3) is 1.92. The number of aromatic nitrogens is 3. The maximum absolute atomic E-state index is 4.51. The summed E-state index contributed by atoms with van der Waals surface area (Å²) in [6, 6.07) is 2.02. The van der Waals surface area contributed by atoms with Crippen LogP contribution in [-0.2, 0) is 0 Å². The van der Waals surface area contributed by atoms with Crippen LogP contribution >= 0.6 is 15.9 Å². The standard InChI is InChI=1S/C12H15BrN4/c1-9-3-6-16(8-10(9)13)12-11-2-4-15-17(11)7-5-14-12/h2,4-5,7,9-10H,3,6,8H2,1H3. The molecule has 0 amide bonds. The molecule has 0 saturated carbocycles. The van der Waals surface area contributed by atoms with E-state index in [1.54, 1.807) is 0 Å². The minimum atomic E-state index is 0.543. The van der Waals surface area contributed by atoms with Gasteiger partial charge in [0.2, 0.25) is 0 Å². The first-order valence-electron chi connectivity index (χ1n) is 5.93. The van der Waals surface area contributed by atoms with E-state index in [1.807, 2.05) is 29.2 Å². The molecule has 1 aliphatic heterocycles. The molecule has 0 radical (unpaired) electrons. The van der Waals surface area contributed by atoms with Crippen LogP contribution < -0.4 is 4.90 Å². The van der Waals surface area contributed by atoms with Crippen molar-refractivity contribution in [2.45, 2.75) is 18.2 Å². The van der Waals surface area contributed by atoms with Gasteiger partial charge in [-0.05, 0) is 18.4 Å². The Labute approximate surface area is 109 Å². The van der Waals surface area contributed by atoms with Crippen LogP contribution in [-0.4, -0.2) is 32.5 Å². The van der Waals surface area contributed by atoms with E-state index in [-0.39, 0.29) is 0 Å². The molecule has 1 saturated heterocycles. The molecule has 2 atom stereocenters. The first-order chi connectivity index (χ1) is 8.25. The number of fused-ring (bicyclic) bond motifs is 1. The predicted octanol–water partition coefficient (Wildman–Crippen LogP) is 2.34. The zero-order valence-electron chi connectivity index (χ0n) is 9.75. The molecule has 0 N–H and O–H groups in total. The van der Waals surface area contributed by atoms with Crippen LogP contribution in [0, 0.1) is 5.92 Å². The Hall–Kier alpha value is -1.10. The second-order valence-electron chi connectivity index (χ2n) is 4.64. The van der Waals surface area contributed by atoms with Crippen molar-refractivity contribution in [3.63, 3.8) is 0 Å². The summed E-state index contributed by atoms with van der Waals surface area (Å²) in [5.74, 6) is 1.78. The molecule has 1 aliphatic rings. The summed E-state index contributed by atoms with van der Waals surface area (Å²) in [5.41, 5.74) is 1.08. The van der Waals surface area contributed by atoms with Gasteiger partial charge in [0.25, 0.3) is 0 Å². The Balaban J connectivity index is 1.96. The fraction of sp³-hybridized carbons (Fsp3) is 0.500. The molecule has 0 spiro atoms. The minimum Gasteiger partial charge on any atom is -0.354 e. The lowest BCUT2D eigenvalue weighted by Crippen LogP contribution is -2.40. The minimum absolute atomic E-state index is 0.543. The predicted molar refractivity (Wildman–Crippen MR) is 71.7 cm³/mol. The number of alkyl halides is 1. The molecule has 2 aromatic rings. The number of hydrogen-bond donors (Lipinski definition) is 0. The monoisotopic (exact) mass is 294 g/mol. The molecule has 2 unspecified atom stereocenters. The van der Waals surface area contributed by atoms with Crippen molar-refractivity contribution in [2.75, 3.05) is 18.0 Å². The maximum atomic E-state index is 4.51. The molecular formula is C12H15BrN4. The van der Waals surface area contributed by atoms with Crippen molar-refractivity contribution in [3.05, 3.63) is 24.7 Å². The SMILES string of the molecule is CC1CCN(c2nccn3nccc23)CC1Br. The number of hydrogen-bond acceptors (Lipinski definition) is 3. The molecule has 5 heteroatoms. The van der Waals surface area contributed by atoms with Gasteiger partial charge >= 0.3 is 0 Å². The van der Waals surface area contributed by atoms with E-state index >= 15 is 0 Å². The summed E-state index contributed by atoms with van der Waals surface area (Å²) in [6.07, 6.45) is 6.72. The molecule has 0 bridgehead atoms. The van der Waals surface area contributed by atoms with Gasteiger partial charge < -0.3 is 4.90 Å². The van der Waals surface area contributed by atoms with Crippen LogP contribution in [0.5, 0.6) is 0 Å². The lowest BCUT2D eigenvalue weighted by molar-refractivity contribution is 0.455. The fourth-order valence-electron chi connectivity index (χ4n) is 2.30. The number of nitrogens with zero attached hydrogens (tertiary/aromatic N) is 4. The van der Waals surface area contributed by atoms with Crippen molar-refractivity contribution < 1.29 is 0 Å². The molecule has 1 fully saturated rings. The summed E-state index contributed by atoms with van der Waals surface area (Å²) in [6.45, 7) is 4.38. The van der Waals surface area contributed by atoms with Crippen LogP contribution in [0.25, 0.3) is 5.52 Å². The van der Waals surface area contributed by atoms with Gasteiger partial charge in [0.15, 0.2) is 5.82 Å². The smallest absolute Gasteiger partial charge is 0.154 e. The Morgan fingerprint density at radius 2 is 2.29 bits per heavy atom. The maximum Gasteiger partial charge on any atom is 0.154 e. The van der Waals surface area contributed by atoms with Gasteiger partial charge in [0.05, 0.1) is 6.20 Å². The molecule has 4 nitrogen and oxygen atoms in total. The van der Waals surface area contributed by atoms with Gasteiger partial charge in [-0.2, -0.15) is 5.10 Å². The van der Waals surface area contributed by atoms with Crippen LogP contribution in [0.3, 0.4) is 0 Å². The Morgan fingerprint density at radius 1 is 1.41 bits per heavy atom. The molecule has 90 valence electrons. The number of rotatable bonds is 1. The normalized spacial score (nSPS) is 25.4. The highest BCUT2D eigenvalue weighted by atomic mass is 79.9. The van der Waals surface area contributed by atoms with E-state index in [1.165, 1.54) is 6.42 Å². The molecule has 0 aliphatic carbocycles. The first-order valence-corrected chi connectivity index (χ1v) is 6.84. The second-order valence-corrected chi connectivity index (χ2v) is 5.82. The van der Waals surface area contributed by atoms with E-state index in [0.29, 0.717) is 4.83 Å². The zero-order chi connectivity index (χ0) is 11.8. The fourth-order valence-corrected chi connectivity index (χ4v) is 2.92. The molecule has 3 heterocycles. The molecule has 3 rings (SSSR count). The molecular weight excluding hydrogens is 280 g/mol. The lowest BCUT2D eigenvalue weighted by atomic mass is 9.99. The van der Waals surface area contributed by atoms with Crippen LogP contribution in [0.2, 0.25) is 0 Å². The van der Waals surface area contributed by atoms with Gasteiger partial charge in [-0.1, -0.05) is 22.9 Å². The number of piperidine rings is 1. The number of anilines is 1. The summed E-state index contributed by atoms with van der Waals surface area (Å²) in [4.78, 5) is 7.39. The van der Waals surface area contributed by atoms with Crippen molar-refractivity contribution in [2.24, 2.45) is 5.92 Å². The van der Waals surface area contributed by atoms with Crippen molar-refractivity contribution in [1.82, 2.24) is 14.6 Å². The molecule has 2 aromatic heterocycles. The third-order valence-corrected chi connectivity index (χ3v) is 4.66. The van der Waals surface area contributed by atoms with Crippen LogP contribution in [0.4, 0.5) is 5.82 Å². The highest BCUT2D eigenvalue weighted by molar-refractivity contribution is 9.09. The Bertz CT molecular complexity index is 524. The van der Waals surface area contributed by atoms with Crippen molar-refractivity contribution >= 4 is 27.3 Å². The molecule has 0 aromatic carbocycles. The van der Waals surface area contributed by atoms with Gasteiger partial charge in [0.1, 0.15) is 5.52 Å². The van der Waals surface area contributed by atoms with E-state index in [4.69, 9.17) is 0 Å². The van der Waals surface area contributed by atoms with E-state index < -0.39 is 0 Å². The molecule has 17 heavy (non-hydrogen) atoms. The van der Waals surface area contributed by atoms with Crippen LogP contribution in [0.15, 0.2) is 24.7 Å². The van der Waals surface area contributed by atoms with Gasteiger partial charge in [-0.25, -0.2) is 9.50 Å². The summed E-state index contributed by atoms with van der Waals surface area (Å²) in [5, 5.41) is 4.25. The quantitative estimate of drug-likeness (QED) is 0.757. The largest absolute Gasteiger partial charge is 0.354 e. The Morgan fingerprint density at radius 3 is 3.12 bits per heavy atom. The summed E-state index contributed by atoms with van der Waals surface area (Å²) in [7, 11) is 0. The second kappa shape index (κ2) is 4.29. The topological polar surface area (TPSA) is 33.4 Å². The summed E-state index contributed by atoms with van der Waals surface area (Å²) >= 11 is 3.75. The van der Waals surface area contributed by atoms with Gasteiger partial charge in [-0.3, -0.25) is 0 Å². The Kier molecular flexibility index (Phi) is 2.78. The first kappa shape index (κ1) is 11.0. The van der Waals surface area contributed by atoms with E-state index in [2.05, 4.69) is 37.8 Å². The third-order valence-electron chi connectivity index (χ3n) is 3.47. The average Bonchev–Trinajstić information content (AvgIpc) is 2.80. The number of halogens is 1. The zero-order valence-corrected chi connectivity index (χ0v) is 11.3. The van der Waals surface area contributed by atoms with Crippen molar-refractivity contribution in [3.8, 4) is 0 Å². The van der Waals surface area contributed by atoms with Crippen molar-refractivity contribution in [1.29, 1.82) is 0 Å². The average molecular weight is 295 g/mol. The van der Waals surface area contributed by atoms with E-state index in [0.717, 1.165) is 30.3 Å². The lowest BCUT2D eigenvalue weighted by Gasteiger charge is -2.35. The van der Waals surface area contributed by atoms with Gasteiger partial charge in [-0.15, -0.1) is 0 Å². The summed E-state index contributed by atoms with van der Waals surface area (Å²) < 4.78 is 1.88. The highest BCUT2D eigenvalue weighted by Crippen LogP contribution is 2.28. The highest BCUT2D eigenvalue weighted by Gasteiger charge is 2.25.